The second kappa shape index (κ2) is 9.04. The number of pyridine rings is 1. The molecule has 1 aromatic heterocycles. The Morgan fingerprint density at radius 2 is 2.15 bits per heavy atom. The fraction of sp³-hybridized carbons (Fsp3) is 0.381. The molecular formula is C21H25N3O2S. The van der Waals surface area contributed by atoms with Crippen LogP contribution in [0.3, 0.4) is 0 Å². The molecule has 1 saturated heterocycles. The highest BCUT2D eigenvalue weighted by molar-refractivity contribution is 7.99. The second-order valence-corrected chi connectivity index (χ2v) is 7.85. The van der Waals surface area contributed by atoms with E-state index in [1.54, 1.807) is 18.3 Å². The van der Waals surface area contributed by atoms with E-state index in [1.165, 1.54) is 22.9 Å². The van der Waals surface area contributed by atoms with Crippen LogP contribution >= 0.6 is 11.8 Å². The van der Waals surface area contributed by atoms with Crippen LogP contribution in [-0.4, -0.2) is 41.3 Å². The normalized spacial score (nSPS) is 13.9. The molecule has 1 N–H and O–H groups in total. The lowest BCUT2D eigenvalue weighted by Gasteiger charge is -2.15. The van der Waals surface area contributed by atoms with Crippen molar-refractivity contribution in [2.24, 2.45) is 0 Å². The van der Waals surface area contributed by atoms with Crippen molar-refractivity contribution in [3.63, 3.8) is 0 Å². The maximum Gasteiger partial charge on any atom is 0.254 e. The van der Waals surface area contributed by atoms with E-state index in [-0.39, 0.29) is 11.8 Å². The van der Waals surface area contributed by atoms with Crippen molar-refractivity contribution in [3.8, 4) is 0 Å². The summed E-state index contributed by atoms with van der Waals surface area (Å²) in [7, 11) is 0. The highest BCUT2D eigenvalue weighted by Gasteiger charge is 2.19. The highest BCUT2D eigenvalue weighted by atomic mass is 32.2. The minimum atomic E-state index is -0.122. The number of carbonyl (C=O) groups is 2. The molecule has 0 aliphatic carbocycles. The van der Waals surface area contributed by atoms with Gasteiger partial charge in [0.1, 0.15) is 5.03 Å². The third-order valence-corrected chi connectivity index (χ3v) is 5.81. The summed E-state index contributed by atoms with van der Waals surface area (Å²) >= 11 is 1.51. The summed E-state index contributed by atoms with van der Waals surface area (Å²) in [5.74, 6) is 0.101. The Morgan fingerprint density at radius 1 is 1.30 bits per heavy atom. The first-order valence-electron chi connectivity index (χ1n) is 9.30. The Hall–Kier alpha value is -2.34. The minimum Gasteiger partial charge on any atom is -0.352 e. The first kappa shape index (κ1) is 19.4. The molecule has 2 heterocycles. The quantitative estimate of drug-likeness (QED) is 0.742. The Balaban J connectivity index is 1.59. The van der Waals surface area contributed by atoms with Crippen molar-refractivity contribution >= 4 is 23.6 Å². The van der Waals surface area contributed by atoms with Gasteiger partial charge in [0, 0.05) is 37.1 Å². The van der Waals surface area contributed by atoms with Gasteiger partial charge in [-0.15, -0.1) is 0 Å². The molecule has 6 heteroatoms. The molecule has 2 aromatic rings. The molecule has 27 heavy (non-hydrogen) atoms. The Bertz CT molecular complexity index is 838. The second-order valence-electron chi connectivity index (χ2n) is 6.82. The molecule has 0 unspecified atom stereocenters. The van der Waals surface area contributed by atoms with Crippen LogP contribution in [0.15, 0.2) is 46.5 Å². The molecule has 1 fully saturated rings. The van der Waals surface area contributed by atoms with E-state index in [0.717, 1.165) is 24.3 Å². The Morgan fingerprint density at radius 3 is 2.89 bits per heavy atom. The van der Waals surface area contributed by atoms with Gasteiger partial charge in [0.15, 0.2) is 0 Å². The smallest absolute Gasteiger partial charge is 0.254 e. The molecule has 0 bridgehead atoms. The van der Waals surface area contributed by atoms with Gasteiger partial charge in [0.25, 0.3) is 5.91 Å². The first-order valence-corrected chi connectivity index (χ1v) is 10.1. The number of nitrogens with one attached hydrogen (secondary N) is 1. The number of amides is 2. The lowest BCUT2D eigenvalue weighted by atomic mass is 10.2. The number of benzene rings is 1. The molecule has 5 nitrogen and oxygen atoms in total. The van der Waals surface area contributed by atoms with Crippen molar-refractivity contribution in [1.29, 1.82) is 0 Å². The van der Waals surface area contributed by atoms with E-state index >= 15 is 0 Å². The molecule has 2 amide bonds. The standard InChI is InChI=1S/C21H25N3O2S/c1-15-8-9-18(16(2)14-15)27-21-17(6-3-10-23-21)20(26)22-11-5-13-24-12-4-7-19(24)25/h3,6,8-10,14H,4-5,7,11-13H2,1-2H3,(H,22,26). The number of aromatic nitrogens is 1. The summed E-state index contributed by atoms with van der Waals surface area (Å²) in [6.07, 6.45) is 4.07. The average Bonchev–Trinajstić information content (AvgIpc) is 3.06. The molecule has 1 aliphatic heterocycles. The number of rotatable bonds is 7. The van der Waals surface area contributed by atoms with Crippen molar-refractivity contribution in [2.75, 3.05) is 19.6 Å². The molecule has 1 aliphatic rings. The van der Waals surface area contributed by atoms with Gasteiger partial charge in [0.2, 0.25) is 5.91 Å². The molecule has 0 saturated carbocycles. The summed E-state index contributed by atoms with van der Waals surface area (Å²) in [6.45, 7) is 6.22. The Labute approximate surface area is 164 Å². The zero-order valence-electron chi connectivity index (χ0n) is 15.8. The Kier molecular flexibility index (Phi) is 6.50. The van der Waals surface area contributed by atoms with Crippen LogP contribution in [0.2, 0.25) is 0 Å². The molecule has 3 rings (SSSR count). The minimum absolute atomic E-state index is 0.122. The lowest BCUT2D eigenvalue weighted by Crippen LogP contribution is -2.30. The summed E-state index contributed by atoms with van der Waals surface area (Å²) < 4.78 is 0. The van der Waals surface area contributed by atoms with Gasteiger partial charge < -0.3 is 10.2 Å². The lowest BCUT2D eigenvalue weighted by molar-refractivity contribution is -0.127. The van der Waals surface area contributed by atoms with Crippen molar-refractivity contribution < 1.29 is 9.59 Å². The highest BCUT2D eigenvalue weighted by Crippen LogP contribution is 2.31. The van der Waals surface area contributed by atoms with Crippen molar-refractivity contribution in [3.05, 3.63) is 53.2 Å². The van der Waals surface area contributed by atoms with Crippen LogP contribution in [0.5, 0.6) is 0 Å². The number of hydrogen-bond donors (Lipinski definition) is 1. The van der Waals surface area contributed by atoms with Gasteiger partial charge in [-0.05, 0) is 50.5 Å². The number of carbonyl (C=O) groups excluding carboxylic acids is 2. The van der Waals surface area contributed by atoms with Crippen molar-refractivity contribution in [2.45, 2.75) is 43.0 Å². The monoisotopic (exact) mass is 383 g/mol. The van der Waals surface area contributed by atoms with E-state index in [1.807, 2.05) is 4.90 Å². The van der Waals surface area contributed by atoms with Crippen LogP contribution in [0.1, 0.15) is 40.7 Å². The molecule has 142 valence electrons. The van der Waals surface area contributed by atoms with E-state index in [4.69, 9.17) is 0 Å². The first-order chi connectivity index (χ1) is 13.0. The molecule has 0 atom stereocenters. The predicted octanol–water partition coefficient (Wildman–Crippen LogP) is 3.59. The molecular weight excluding hydrogens is 358 g/mol. The SMILES string of the molecule is Cc1ccc(Sc2ncccc2C(=O)NCCCN2CCCC2=O)c(C)c1. The van der Waals surface area contributed by atoms with Crippen LogP contribution in [-0.2, 0) is 4.79 Å². The van der Waals surface area contributed by atoms with Gasteiger partial charge >= 0.3 is 0 Å². The maximum absolute atomic E-state index is 12.6. The fourth-order valence-electron chi connectivity index (χ4n) is 3.17. The number of aryl methyl sites for hydroxylation is 2. The summed E-state index contributed by atoms with van der Waals surface area (Å²) in [5, 5.41) is 3.66. The van der Waals surface area contributed by atoms with Crippen LogP contribution in [0.25, 0.3) is 0 Å². The zero-order chi connectivity index (χ0) is 19.2. The van der Waals surface area contributed by atoms with E-state index in [0.29, 0.717) is 30.1 Å². The largest absolute Gasteiger partial charge is 0.352 e. The van der Waals surface area contributed by atoms with Crippen LogP contribution in [0.4, 0.5) is 0 Å². The molecule has 0 radical (unpaired) electrons. The average molecular weight is 384 g/mol. The van der Waals surface area contributed by atoms with Gasteiger partial charge in [-0.3, -0.25) is 9.59 Å². The van der Waals surface area contributed by atoms with E-state index in [9.17, 15) is 9.59 Å². The third kappa shape index (κ3) is 5.10. The number of likely N-dealkylation sites (tertiary alicyclic amines) is 1. The summed E-state index contributed by atoms with van der Waals surface area (Å²) in [6, 6.07) is 9.85. The number of hydrogen-bond acceptors (Lipinski definition) is 4. The van der Waals surface area contributed by atoms with Crippen LogP contribution < -0.4 is 5.32 Å². The van der Waals surface area contributed by atoms with Gasteiger partial charge in [0.05, 0.1) is 5.56 Å². The zero-order valence-corrected chi connectivity index (χ0v) is 16.6. The maximum atomic E-state index is 12.6. The predicted molar refractivity (Wildman–Crippen MR) is 107 cm³/mol. The van der Waals surface area contributed by atoms with E-state index < -0.39 is 0 Å². The molecule has 1 aromatic carbocycles. The topological polar surface area (TPSA) is 62.3 Å². The van der Waals surface area contributed by atoms with Gasteiger partial charge in [-0.25, -0.2) is 4.98 Å². The fourth-order valence-corrected chi connectivity index (χ4v) is 4.12. The summed E-state index contributed by atoms with van der Waals surface area (Å²) in [4.78, 5) is 31.6. The van der Waals surface area contributed by atoms with Gasteiger partial charge in [-0.1, -0.05) is 29.5 Å². The third-order valence-electron chi connectivity index (χ3n) is 4.61. The number of nitrogens with zero attached hydrogens (tertiary/aromatic N) is 2. The molecule has 0 spiro atoms. The van der Waals surface area contributed by atoms with Gasteiger partial charge in [-0.2, -0.15) is 0 Å². The van der Waals surface area contributed by atoms with E-state index in [2.05, 4.69) is 42.3 Å². The van der Waals surface area contributed by atoms with Crippen LogP contribution in [0, 0.1) is 13.8 Å². The summed E-state index contributed by atoms with van der Waals surface area (Å²) in [5.41, 5.74) is 2.97. The van der Waals surface area contributed by atoms with Crippen molar-refractivity contribution in [1.82, 2.24) is 15.2 Å².